The smallest absolute Gasteiger partial charge is 0.251 e. The Morgan fingerprint density at radius 3 is 2.33 bits per heavy atom. The van der Waals surface area contributed by atoms with Gasteiger partial charge in [-0.05, 0) is 30.7 Å². The summed E-state index contributed by atoms with van der Waals surface area (Å²) in [5.74, 6) is -0.526. The van der Waals surface area contributed by atoms with Gasteiger partial charge >= 0.3 is 0 Å². The van der Waals surface area contributed by atoms with Crippen molar-refractivity contribution in [3.63, 3.8) is 0 Å². The normalized spacial score (nSPS) is 14.3. The number of piperazine rings is 1. The molecule has 2 aromatic rings. The van der Waals surface area contributed by atoms with Crippen LogP contribution < -0.4 is 10.6 Å². The lowest BCUT2D eigenvalue weighted by atomic mass is 10.1. The minimum atomic E-state index is -0.253. The third-order valence-electron chi connectivity index (χ3n) is 5.03. The Hall–Kier alpha value is -2.90. The van der Waals surface area contributed by atoms with Crippen LogP contribution in [-0.2, 0) is 9.59 Å². The summed E-state index contributed by atoms with van der Waals surface area (Å²) in [6.45, 7) is 4.26. The molecule has 0 spiro atoms. The molecule has 1 saturated heterocycles. The van der Waals surface area contributed by atoms with Crippen LogP contribution in [0.3, 0.4) is 0 Å². The van der Waals surface area contributed by atoms with Crippen molar-refractivity contribution in [3.8, 4) is 0 Å². The Bertz CT molecular complexity index is 926. The first kappa shape index (κ1) is 21.8. The molecule has 8 heteroatoms. The number of carbonyl (C=O) groups excluding carboxylic acids is 3. The number of nitrogens with one attached hydrogen (secondary N) is 2. The van der Waals surface area contributed by atoms with Gasteiger partial charge in [-0.25, -0.2) is 0 Å². The van der Waals surface area contributed by atoms with Crippen LogP contribution in [0, 0.1) is 6.92 Å². The minimum Gasteiger partial charge on any atom is -0.343 e. The molecule has 0 radical (unpaired) electrons. The van der Waals surface area contributed by atoms with E-state index in [-0.39, 0.29) is 30.8 Å². The van der Waals surface area contributed by atoms with E-state index in [4.69, 9.17) is 11.6 Å². The van der Waals surface area contributed by atoms with E-state index in [0.717, 1.165) is 5.56 Å². The van der Waals surface area contributed by atoms with E-state index >= 15 is 0 Å². The van der Waals surface area contributed by atoms with E-state index < -0.39 is 0 Å². The molecule has 158 valence electrons. The van der Waals surface area contributed by atoms with Gasteiger partial charge in [-0.15, -0.1) is 0 Å². The van der Waals surface area contributed by atoms with Gasteiger partial charge in [-0.1, -0.05) is 41.9 Å². The fourth-order valence-electron chi connectivity index (χ4n) is 3.30. The van der Waals surface area contributed by atoms with Gasteiger partial charge in [0.15, 0.2) is 0 Å². The van der Waals surface area contributed by atoms with E-state index in [1.807, 2.05) is 30.0 Å². The number of nitrogens with zero attached hydrogens (tertiary/aromatic N) is 2. The number of aryl methyl sites for hydroxylation is 1. The molecule has 1 aliphatic heterocycles. The van der Waals surface area contributed by atoms with Crippen molar-refractivity contribution in [2.45, 2.75) is 6.92 Å². The summed E-state index contributed by atoms with van der Waals surface area (Å²) in [6, 6.07) is 14.3. The number of hydrogen-bond acceptors (Lipinski definition) is 4. The predicted octanol–water partition coefficient (Wildman–Crippen LogP) is 2.16. The van der Waals surface area contributed by atoms with Gasteiger partial charge in [0.2, 0.25) is 11.8 Å². The molecule has 0 aromatic heterocycles. The lowest BCUT2D eigenvalue weighted by Crippen LogP contribution is -2.52. The van der Waals surface area contributed by atoms with Crippen molar-refractivity contribution < 1.29 is 14.4 Å². The minimum absolute atomic E-state index is 0.0415. The van der Waals surface area contributed by atoms with E-state index in [1.54, 1.807) is 35.2 Å². The molecule has 7 nitrogen and oxygen atoms in total. The molecule has 3 rings (SSSR count). The highest BCUT2D eigenvalue weighted by Crippen LogP contribution is 2.20. The second kappa shape index (κ2) is 10.2. The Kier molecular flexibility index (Phi) is 7.43. The summed E-state index contributed by atoms with van der Waals surface area (Å²) in [5, 5.41) is 5.99. The summed E-state index contributed by atoms with van der Waals surface area (Å²) >= 11 is 6.06. The summed E-state index contributed by atoms with van der Waals surface area (Å²) in [6.07, 6.45) is 0. The van der Waals surface area contributed by atoms with Gasteiger partial charge < -0.3 is 15.5 Å². The Balaban J connectivity index is 1.41. The highest BCUT2D eigenvalue weighted by atomic mass is 35.5. The number of anilines is 1. The van der Waals surface area contributed by atoms with Crippen molar-refractivity contribution in [2.24, 2.45) is 0 Å². The van der Waals surface area contributed by atoms with Gasteiger partial charge in [0.1, 0.15) is 0 Å². The molecule has 1 aliphatic rings. The van der Waals surface area contributed by atoms with Crippen LogP contribution in [0.5, 0.6) is 0 Å². The summed E-state index contributed by atoms with van der Waals surface area (Å²) in [4.78, 5) is 40.6. The molecule has 1 heterocycles. The van der Waals surface area contributed by atoms with Crippen LogP contribution in [0.4, 0.5) is 5.69 Å². The van der Waals surface area contributed by atoms with Crippen molar-refractivity contribution >= 4 is 35.0 Å². The van der Waals surface area contributed by atoms with Crippen LogP contribution >= 0.6 is 11.6 Å². The second-order valence-corrected chi connectivity index (χ2v) is 7.59. The van der Waals surface area contributed by atoms with Crippen LogP contribution in [-0.4, -0.2) is 66.8 Å². The van der Waals surface area contributed by atoms with Gasteiger partial charge in [0.05, 0.1) is 23.8 Å². The van der Waals surface area contributed by atoms with Crippen molar-refractivity contribution in [2.75, 3.05) is 44.6 Å². The molecule has 0 unspecified atom stereocenters. The molecular formula is C22H25ClN4O3. The average molecular weight is 429 g/mol. The number of carbonyl (C=O) groups is 3. The Morgan fingerprint density at radius 1 is 0.967 bits per heavy atom. The zero-order valence-corrected chi connectivity index (χ0v) is 17.6. The van der Waals surface area contributed by atoms with Crippen molar-refractivity contribution in [1.29, 1.82) is 0 Å². The third kappa shape index (κ3) is 5.81. The quantitative estimate of drug-likeness (QED) is 0.738. The van der Waals surface area contributed by atoms with E-state index in [1.165, 1.54) is 0 Å². The van der Waals surface area contributed by atoms with Crippen LogP contribution in [0.2, 0.25) is 5.02 Å². The highest BCUT2D eigenvalue weighted by Gasteiger charge is 2.23. The maximum atomic E-state index is 12.4. The lowest BCUT2D eigenvalue weighted by Gasteiger charge is -2.34. The van der Waals surface area contributed by atoms with E-state index in [0.29, 0.717) is 42.5 Å². The van der Waals surface area contributed by atoms with Crippen LogP contribution in [0.25, 0.3) is 0 Å². The van der Waals surface area contributed by atoms with E-state index in [9.17, 15) is 14.4 Å². The zero-order valence-electron chi connectivity index (χ0n) is 16.9. The third-order valence-corrected chi connectivity index (χ3v) is 5.36. The topological polar surface area (TPSA) is 81.8 Å². The zero-order chi connectivity index (χ0) is 21.5. The van der Waals surface area contributed by atoms with E-state index in [2.05, 4.69) is 10.6 Å². The number of halogens is 1. The fraction of sp³-hybridized carbons (Fsp3) is 0.318. The maximum Gasteiger partial charge on any atom is 0.251 e. The van der Waals surface area contributed by atoms with Gasteiger partial charge in [-0.2, -0.15) is 0 Å². The first-order valence-electron chi connectivity index (χ1n) is 9.82. The maximum absolute atomic E-state index is 12.4. The number of amides is 3. The molecule has 30 heavy (non-hydrogen) atoms. The van der Waals surface area contributed by atoms with Gasteiger partial charge in [0.25, 0.3) is 5.91 Å². The summed E-state index contributed by atoms with van der Waals surface area (Å²) in [7, 11) is 0. The SMILES string of the molecule is Cc1ccccc1C(=O)NCC(=O)N1CCN(CC(=O)Nc2ccccc2Cl)CC1. The first-order valence-corrected chi connectivity index (χ1v) is 10.2. The van der Waals surface area contributed by atoms with Crippen molar-refractivity contribution in [1.82, 2.24) is 15.1 Å². The fourth-order valence-corrected chi connectivity index (χ4v) is 3.48. The highest BCUT2D eigenvalue weighted by molar-refractivity contribution is 6.33. The molecule has 0 bridgehead atoms. The summed E-state index contributed by atoms with van der Waals surface area (Å²) in [5.41, 5.74) is 2.02. The monoisotopic (exact) mass is 428 g/mol. The van der Waals surface area contributed by atoms with Crippen molar-refractivity contribution in [3.05, 3.63) is 64.7 Å². The average Bonchev–Trinajstić information content (AvgIpc) is 2.74. The molecule has 0 atom stereocenters. The number of benzene rings is 2. The molecule has 1 fully saturated rings. The molecule has 0 aliphatic carbocycles. The Morgan fingerprint density at radius 2 is 1.63 bits per heavy atom. The van der Waals surface area contributed by atoms with Crippen LogP contribution in [0.15, 0.2) is 48.5 Å². The van der Waals surface area contributed by atoms with Gasteiger partial charge in [-0.3, -0.25) is 19.3 Å². The predicted molar refractivity (Wildman–Crippen MR) is 117 cm³/mol. The number of para-hydroxylation sites is 1. The number of hydrogen-bond donors (Lipinski definition) is 2. The molecular weight excluding hydrogens is 404 g/mol. The molecule has 3 amide bonds. The first-order chi connectivity index (χ1) is 14.4. The lowest BCUT2D eigenvalue weighted by molar-refractivity contribution is -0.132. The summed E-state index contributed by atoms with van der Waals surface area (Å²) < 4.78 is 0. The standard InChI is InChI=1S/C22H25ClN4O3/c1-16-6-2-3-7-17(16)22(30)24-14-21(29)27-12-10-26(11-13-27)15-20(28)25-19-9-5-4-8-18(19)23/h2-9H,10-15H2,1H3,(H,24,30)(H,25,28). The second-order valence-electron chi connectivity index (χ2n) is 7.18. The molecule has 0 saturated carbocycles. The molecule has 2 aromatic carbocycles. The number of rotatable bonds is 6. The van der Waals surface area contributed by atoms with Crippen LogP contribution in [0.1, 0.15) is 15.9 Å². The largest absolute Gasteiger partial charge is 0.343 e. The van der Waals surface area contributed by atoms with Gasteiger partial charge in [0, 0.05) is 31.7 Å². The Labute approximate surface area is 181 Å². The molecule has 2 N–H and O–H groups in total.